The number of nitrogens with one attached hydrogen (secondary N) is 2. The van der Waals surface area contributed by atoms with Gasteiger partial charge in [-0.15, -0.1) is 0 Å². The van der Waals surface area contributed by atoms with E-state index in [9.17, 15) is 23.1 Å². The molecule has 0 amide bonds. The Morgan fingerprint density at radius 2 is 2.00 bits per heavy atom. The molecule has 10 heteroatoms. The molecule has 5 aromatic rings. The highest BCUT2D eigenvalue weighted by Crippen LogP contribution is 2.45. The van der Waals surface area contributed by atoms with E-state index in [-0.39, 0.29) is 41.1 Å². The summed E-state index contributed by atoms with van der Waals surface area (Å²) in [4.78, 5) is 21.5. The Bertz CT molecular complexity index is 1730. The van der Waals surface area contributed by atoms with Crippen LogP contribution < -0.4 is 9.47 Å². The number of aromatic nitrogens is 3. The van der Waals surface area contributed by atoms with Crippen LogP contribution in [0.4, 0.5) is 13.2 Å². The predicted molar refractivity (Wildman–Crippen MR) is 132 cm³/mol. The van der Waals surface area contributed by atoms with Crippen LogP contribution in [-0.2, 0) is 16.6 Å². The van der Waals surface area contributed by atoms with Crippen LogP contribution in [-0.4, -0.2) is 32.6 Å². The molecule has 3 heterocycles. The van der Waals surface area contributed by atoms with Gasteiger partial charge in [-0.1, -0.05) is 18.2 Å². The van der Waals surface area contributed by atoms with Gasteiger partial charge in [-0.3, -0.25) is 4.79 Å². The largest absolute Gasteiger partial charge is 0.492 e. The van der Waals surface area contributed by atoms with E-state index in [1.54, 1.807) is 18.3 Å². The van der Waals surface area contributed by atoms with Crippen molar-refractivity contribution in [3.8, 4) is 28.6 Å². The highest BCUT2D eigenvalue weighted by molar-refractivity contribution is 5.82. The second-order valence-electron chi connectivity index (χ2n) is 9.31. The summed E-state index contributed by atoms with van der Waals surface area (Å²) in [5.41, 5.74) is 1.61. The van der Waals surface area contributed by atoms with E-state index in [1.807, 2.05) is 13.0 Å². The van der Waals surface area contributed by atoms with Gasteiger partial charge in [0.15, 0.2) is 17.4 Å². The normalized spacial score (nSPS) is 16.4. The number of nitrogens with zero attached hydrogens (tertiary/aromatic N) is 1. The Kier molecular flexibility index (Phi) is 5.41. The number of hydrogen-bond acceptors (Lipinski definition) is 4. The number of para-hydroxylation sites is 1. The van der Waals surface area contributed by atoms with Gasteiger partial charge in [-0.25, -0.2) is 18.2 Å². The Labute approximate surface area is 213 Å². The van der Waals surface area contributed by atoms with Gasteiger partial charge in [0.1, 0.15) is 29.7 Å². The van der Waals surface area contributed by atoms with Gasteiger partial charge in [0.2, 0.25) is 0 Å². The maximum absolute atomic E-state index is 14.9. The van der Waals surface area contributed by atoms with Gasteiger partial charge < -0.3 is 24.5 Å². The molecule has 0 aliphatic carbocycles. The molecule has 0 radical (unpaired) electrons. The molecule has 7 nitrogen and oxygen atoms in total. The quantitative estimate of drug-likeness (QED) is 0.252. The summed E-state index contributed by atoms with van der Waals surface area (Å²) in [5.74, 6) is -3.24. The van der Waals surface area contributed by atoms with Crippen LogP contribution in [0, 0.1) is 17.5 Å². The molecule has 0 saturated heterocycles. The number of carboxylic acids is 1. The predicted octanol–water partition coefficient (Wildman–Crippen LogP) is 6.09. The molecule has 3 aromatic carbocycles. The maximum atomic E-state index is 14.9. The number of fused-ring (bicyclic) bond motifs is 2. The maximum Gasteiger partial charge on any atom is 0.307 e. The molecule has 192 valence electrons. The van der Waals surface area contributed by atoms with E-state index in [0.717, 1.165) is 17.7 Å². The third kappa shape index (κ3) is 3.76. The number of imidazole rings is 1. The summed E-state index contributed by atoms with van der Waals surface area (Å²) in [7, 11) is 0. The van der Waals surface area contributed by atoms with Crippen molar-refractivity contribution in [1.29, 1.82) is 0 Å². The molecule has 38 heavy (non-hydrogen) atoms. The summed E-state index contributed by atoms with van der Waals surface area (Å²) in [6.45, 7) is 2.14. The molecular weight excluding hydrogens is 499 g/mol. The number of rotatable bonds is 6. The highest BCUT2D eigenvalue weighted by atomic mass is 19.1. The molecule has 1 aliphatic rings. The lowest BCUT2D eigenvalue weighted by molar-refractivity contribution is -0.136. The smallest absolute Gasteiger partial charge is 0.307 e. The van der Waals surface area contributed by atoms with Crippen LogP contribution in [0.15, 0.2) is 60.9 Å². The number of hydrogen-bond donors (Lipinski definition) is 3. The number of carbonyl (C=O) groups is 1. The fraction of sp³-hybridized carbons (Fsp3) is 0.143. The van der Waals surface area contributed by atoms with E-state index in [0.29, 0.717) is 17.0 Å². The van der Waals surface area contributed by atoms with E-state index in [1.165, 1.54) is 24.4 Å². The van der Waals surface area contributed by atoms with Crippen molar-refractivity contribution in [1.82, 2.24) is 15.0 Å². The van der Waals surface area contributed by atoms with Crippen molar-refractivity contribution in [3.05, 3.63) is 95.2 Å². The zero-order valence-corrected chi connectivity index (χ0v) is 19.9. The average molecular weight is 519 g/mol. The number of carboxylic acid groups (broad SMARTS) is 1. The third-order valence-electron chi connectivity index (χ3n) is 6.82. The van der Waals surface area contributed by atoms with Crippen molar-refractivity contribution in [2.75, 3.05) is 6.61 Å². The summed E-state index contributed by atoms with van der Waals surface area (Å²) >= 11 is 0. The zero-order valence-electron chi connectivity index (χ0n) is 19.9. The number of aromatic amines is 2. The number of halogens is 3. The topological polar surface area (TPSA) is 100 Å². The fourth-order valence-corrected chi connectivity index (χ4v) is 4.82. The van der Waals surface area contributed by atoms with Crippen molar-refractivity contribution in [2.45, 2.75) is 18.8 Å². The summed E-state index contributed by atoms with van der Waals surface area (Å²) in [5, 5.41) is 9.39. The first kappa shape index (κ1) is 23.7. The molecule has 2 aromatic heterocycles. The third-order valence-corrected chi connectivity index (χ3v) is 6.82. The van der Waals surface area contributed by atoms with Gasteiger partial charge in [0, 0.05) is 40.7 Å². The molecule has 1 aliphatic heterocycles. The molecule has 0 fully saturated rings. The molecule has 0 unspecified atom stereocenters. The molecule has 3 N–H and O–H groups in total. The summed E-state index contributed by atoms with van der Waals surface area (Å²) in [6.07, 6.45) is 2.87. The molecule has 0 bridgehead atoms. The lowest BCUT2D eigenvalue weighted by atomic mass is 9.81. The standard InChI is InChI=1S/C28H20F3N3O4/c1-28(13-37-25-14(9-23(35)36)3-2-4-18(25)28)22-12-33-27(34-22)17-10-15(5-6-19(17)29)38-26-20(30)11-21-16(24(26)31)7-8-32-21/h2-8,10-12,32H,9,13H2,1H3,(H,33,34)(H,35,36)/t28-/m0/s1. The number of H-pyrrole nitrogens is 2. The second kappa shape index (κ2) is 8.69. The molecule has 0 saturated carbocycles. The van der Waals surface area contributed by atoms with Crippen molar-refractivity contribution >= 4 is 16.9 Å². The number of aliphatic carboxylic acids is 1. The zero-order chi connectivity index (χ0) is 26.6. The first-order chi connectivity index (χ1) is 18.2. The summed E-state index contributed by atoms with van der Waals surface area (Å²) < 4.78 is 55.7. The molecule has 0 spiro atoms. The first-order valence-corrected chi connectivity index (χ1v) is 11.7. The van der Waals surface area contributed by atoms with Gasteiger partial charge in [0.25, 0.3) is 0 Å². The monoisotopic (exact) mass is 519 g/mol. The van der Waals surface area contributed by atoms with Crippen LogP contribution in [0.3, 0.4) is 0 Å². The van der Waals surface area contributed by atoms with Crippen molar-refractivity contribution in [3.63, 3.8) is 0 Å². The van der Waals surface area contributed by atoms with Crippen molar-refractivity contribution in [2.24, 2.45) is 0 Å². The first-order valence-electron chi connectivity index (χ1n) is 11.7. The van der Waals surface area contributed by atoms with E-state index >= 15 is 0 Å². The van der Waals surface area contributed by atoms with Crippen LogP contribution in [0.2, 0.25) is 0 Å². The molecular formula is C28H20F3N3O4. The minimum absolute atomic E-state index is 0.0195. The van der Waals surface area contributed by atoms with Gasteiger partial charge in [-0.2, -0.15) is 0 Å². The Balaban J connectivity index is 1.34. The van der Waals surface area contributed by atoms with Gasteiger partial charge in [-0.05, 0) is 31.2 Å². The van der Waals surface area contributed by atoms with Gasteiger partial charge in [0.05, 0.1) is 22.9 Å². The summed E-state index contributed by atoms with van der Waals surface area (Å²) in [6, 6.07) is 11.6. The Hall–Kier alpha value is -4.73. The van der Waals surface area contributed by atoms with E-state index in [2.05, 4.69) is 15.0 Å². The lowest BCUT2D eigenvalue weighted by Gasteiger charge is -2.21. The van der Waals surface area contributed by atoms with Crippen LogP contribution in [0.25, 0.3) is 22.3 Å². The lowest BCUT2D eigenvalue weighted by Crippen LogP contribution is -2.25. The van der Waals surface area contributed by atoms with Crippen LogP contribution >= 0.6 is 0 Å². The average Bonchev–Trinajstić information content (AvgIpc) is 3.63. The molecule has 6 rings (SSSR count). The SMILES string of the molecule is C[C@]1(c2cnc(-c3cc(Oc4c(F)cc5[nH]ccc5c4F)ccc3F)[nH]2)COc2c(CC(=O)O)cccc21. The van der Waals surface area contributed by atoms with Gasteiger partial charge >= 0.3 is 5.97 Å². The Morgan fingerprint density at radius 3 is 2.82 bits per heavy atom. The van der Waals surface area contributed by atoms with E-state index < -0.39 is 34.6 Å². The van der Waals surface area contributed by atoms with E-state index in [4.69, 9.17) is 9.47 Å². The highest BCUT2D eigenvalue weighted by Gasteiger charge is 2.41. The Morgan fingerprint density at radius 1 is 1.16 bits per heavy atom. The minimum Gasteiger partial charge on any atom is -0.492 e. The fourth-order valence-electron chi connectivity index (χ4n) is 4.82. The minimum atomic E-state index is -0.968. The molecule has 1 atom stereocenters. The number of benzene rings is 3. The number of ether oxygens (including phenoxy) is 2. The van der Waals surface area contributed by atoms with Crippen molar-refractivity contribution < 1.29 is 32.5 Å². The second-order valence-corrected chi connectivity index (χ2v) is 9.31. The van der Waals surface area contributed by atoms with Crippen LogP contribution in [0.1, 0.15) is 23.7 Å². The van der Waals surface area contributed by atoms with Crippen LogP contribution in [0.5, 0.6) is 17.2 Å².